The monoisotopic (exact) mass is 484 g/mol. The fourth-order valence-corrected chi connectivity index (χ4v) is 5.51. The number of anilines is 2. The minimum Gasteiger partial charge on any atom is -0.396 e. The van der Waals surface area contributed by atoms with E-state index >= 15 is 0 Å². The summed E-state index contributed by atoms with van der Waals surface area (Å²) in [5.41, 5.74) is 11.4. The number of nitrogens with two attached hydrogens (primary N) is 1. The summed E-state index contributed by atoms with van der Waals surface area (Å²) in [5.74, 6) is 2.43. The summed E-state index contributed by atoms with van der Waals surface area (Å²) in [7, 11) is 0. The molecule has 3 fully saturated rings. The predicted molar refractivity (Wildman–Crippen MR) is 141 cm³/mol. The first-order valence-corrected chi connectivity index (χ1v) is 12.9. The summed E-state index contributed by atoms with van der Waals surface area (Å²) in [6.45, 7) is 5.73. The molecule has 3 heterocycles. The Balaban J connectivity index is 1.37. The molecular formula is C28H32N6O2. The molecule has 0 spiro atoms. The number of pyridine rings is 1. The molecule has 3 aliphatic rings. The van der Waals surface area contributed by atoms with Gasteiger partial charge in [0.25, 0.3) is 0 Å². The van der Waals surface area contributed by atoms with Gasteiger partial charge >= 0.3 is 0 Å². The first kappa shape index (κ1) is 22.9. The van der Waals surface area contributed by atoms with Crippen molar-refractivity contribution in [2.24, 2.45) is 5.92 Å². The van der Waals surface area contributed by atoms with Gasteiger partial charge < -0.3 is 20.6 Å². The third-order valence-electron chi connectivity index (χ3n) is 7.67. The molecule has 2 aliphatic carbocycles. The van der Waals surface area contributed by atoms with Crippen molar-refractivity contribution in [3.05, 3.63) is 48.6 Å². The van der Waals surface area contributed by atoms with E-state index in [0.29, 0.717) is 36.4 Å². The molecule has 1 aromatic carbocycles. The fourth-order valence-electron chi connectivity index (χ4n) is 5.51. The van der Waals surface area contributed by atoms with Gasteiger partial charge in [-0.05, 0) is 55.4 Å². The quantitative estimate of drug-likeness (QED) is 0.527. The van der Waals surface area contributed by atoms with E-state index in [1.165, 1.54) is 0 Å². The molecule has 1 atom stereocenters. The van der Waals surface area contributed by atoms with Gasteiger partial charge in [0.1, 0.15) is 0 Å². The summed E-state index contributed by atoms with van der Waals surface area (Å²) < 4.78 is 0. The van der Waals surface area contributed by atoms with Crippen molar-refractivity contribution in [3.63, 3.8) is 0 Å². The van der Waals surface area contributed by atoms with Crippen LogP contribution in [0, 0.1) is 5.92 Å². The van der Waals surface area contributed by atoms with Crippen molar-refractivity contribution in [1.82, 2.24) is 19.9 Å². The van der Waals surface area contributed by atoms with E-state index in [1.807, 2.05) is 23.2 Å². The van der Waals surface area contributed by atoms with E-state index in [1.54, 1.807) is 6.08 Å². The van der Waals surface area contributed by atoms with Crippen LogP contribution in [-0.4, -0.2) is 63.1 Å². The Hall–Kier alpha value is -3.52. The average molecular weight is 485 g/mol. The molecule has 36 heavy (non-hydrogen) atoms. The highest BCUT2D eigenvalue weighted by Crippen LogP contribution is 2.47. The maximum atomic E-state index is 12.6. The predicted octanol–water partition coefficient (Wildman–Crippen LogP) is 3.60. The topological polar surface area (TPSA) is 108 Å². The number of carbonyl (C=O) groups excluding carboxylic acids is 1. The smallest absolute Gasteiger partial charge is 0.225 e. The lowest BCUT2D eigenvalue weighted by atomic mass is 9.97. The molecule has 2 saturated carbocycles. The molecule has 6 rings (SSSR count). The number of fused-ring (bicyclic) bond motifs is 1. The Kier molecular flexibility index (Phi) is 5.84. The highest BCUT2D eigenvalue weighted by molar-refractivity contribution is 5.96. The van der Waals surface area contributed by atoms with Crippen LogP contribution < -0.4 is 10.6 Å². The maximum Gasteiger partial charge on any atom is 0.225 e. The Morgan fingerprint density at radius 1 is 1.17 bits per heavy atom. The Morgan fingerprint density at radius 3 is 2.72 bits per heavy atom. The van der Waals surface area contributed by atoms with Gasteiger partial charge in [0.05, 0.1) is 29.5 Å². The first-order valence-electron chi connectivity index (χ1n) is 12.9. The molecule has 0 unspecified atom stereocenters. The average Bonchev–Trinajstić information content (AvgIpc) is 3.81. The normalized spacial score (nSPS) is 20.1. The molecule has 2 aromatic heterocycles. The summed E-state index contributed by atoms with van der Waals surface area (Å²) >= 11 is 0. The minimum absolute atomic E-state index is 0.0433. The SMILES string of the molecule is C=Cc1ncc2c(-c3cc(N)c(N4CCN(C(=O)CCO)[C@H](C5CC5)C4)nc3C3CC3)cccc2n1. The number of aromatic nitrogens is 3. The number of hydrogen-bond acceptors (Lipinski definition) is 7. The van der Waals surface area contributed by atoms with E-state index < -0.39 is 0 Å². The molecule has 186 valence electrons. The van der Waals surface area contributed by atoms with E-state index in [0.717, 1.165) is 65.8 Å². The lowest BCUT2D eigenvalue weighted by Gasteiger charge is -2.42. The highest BCUT2D eigenvalue weighted by atomic mass is 16.3. The van der Waals surface area contributed by atoms with Gasteiger partial charge in [-0.15, -0.1) is 0 Å². The number of nitrogens with zero attached hydrogens (tertiary/aromatic N) is 5. The van der Waals surface area contributed by atoms with Crippen LogP contribution in [0.25, 0.3) is 28.1 Å². The lowest BCUT2D eigenvalue weighted by Crippen LogP contribution is -2.56. The minimum atomic E-state index is -0.106. The highest BCUT2D eigenvalue weighted by Gasteiger charge is 2.41. The molecule has 0 bridgehead atoms. The first-order chi connectivity index (χ1) is 17.6. The Labute approximate surface area is 210 Å². The van der Waals surface area contributed by atoms with Crippen molar-refractivity contribution in [1.29, 1.82) is 0 Å². The van der Waals surface area contributed by atoms with E-state index in [2.05, 4.69) is 33.6 Å². The second-order valence-corrected chi connectivity index (χ2v) is 10.2. The number of carbonyl (C=O) groups is 1. The zero-order valence-electron chi connectivity index (χ0n) is 20.4. The maximum absolute atomic E-state index is 12.6. The molecule has 3 aromatic rings. The van der Waals surface area contributed by atoms with Gasteiger partial charge in [0.2, 0.25) is 5.91 Å². The lowest BCUT2D eigenvalue weighted by molar-refractivity contribution is -0.135. The van der Waals surface area contributed by atoms with Crippen LogP contribution in [0.15, 0.2) is 37.0 Å². The zero-order valence-corrected chi connectivity index (χ0v) is 20.4. The van der Waals surface area contributed by atoms with Gasteiger partial charge in [0.15, 0.2) is 11.6 Å². The van der Waals surface area contributed by atoms with Crippen molar-refractivity contribution < 1.29 is 9.90 Å². The van der Waals surface area contributed by atoms with Crippen LogP contribution in [0.3, 0.4) is 0 Å². The van der Waals surface area contributed by atoms with Crippen molar-refractivity contribution in [2.45, 2.75) is 44.1 Å². The molecular weight excluding hydrogens is 452 g/mol. The Bertz CT molecular complexity index is 1330. The summed E-state index contributed by atoms with van der Waals surface area (Å²) in [6.07, 6.45) is 8.24. The van der Waals surface area contributed by atoms with Crippen molar-refractivity contribution >= 4 is 34.4 Å². The second kappa shape index (κ2) is 9.17. The van der Waals surface area contributed by atoms with Crippen LogP contribution in [0.2, 0.25) is 0 Å². The van der Waals surface area contributed by atoms with Crippen LogP contribution in [-0.2, 0) is 4.79 Å². The van der Waals surface area contributed by atoms with Crippen molar-refractivity contribution in [3.8, 4) is 11.1 Å². The number of hydrogen-bond donors (Lipinski definition) is 2. The number of nitrogen functional groups attached to an aromatic ring is 1. The fraction of sp³-hybridized carbons (Fsp3) is 0.429. The number of amides is 1. The largest absolute Gasteiger partial charge is 0.396 e. The number of aliphatic hydroxyl groups is 1. The van der Waals surface area contributed by atoms with Gasteiger partial charge in [-0.1, -0.05) is 18.7 Å². The summed E-state index contributed by atoms with van der Waals surface area (Å²) in [4.78, 5) is 31.1. The number of aliphatic hydroxyl groups excluding tert-OH is 1. The van der Waals surface area contributed by atoms with Crippen LogP contribution in [0.4, 0.5) is 11.5 Å². The van der Waals surface area contributed by atoms with E-state index in [4.69, 9.17) is 10.7 Å². The zero-order chi connectivity index (χ0) is 24.8. The molecule has 1 amide bonds. The van der Waals surface area contributed by atoms with Gasteiger partial charge in [-0.3, -0.25) is 4.79 Å². The van der Waals surface area contributed by atoms with Gasteiger partial charge in [-0.2, -0.15) is 0 Å². The second-order valence-electron chi connectivity index (χ2n) is 10.2. The molecule has 0 radical (unpaired) electrons. The molecule has 1 saturated heterocycles. The van der Waals surface area contributed by atoms with Crippen molar-refractivity contribution in [2.75, 3.05) is 36.9 Å². The standard InChI is InChI=1S/C28H32N6O2/c1-2-25-30-15-21-19(4-3-5-23(21)31-25)20-14-22(29)28(32-27(20)18-8-9-18)33-11-12-34(26(36)10-13-35)24(16-33)17-6-7-17/h2-5,14-15,17-18,24,35H,1,6-13,16,29H2/t24-/m0/s1. The molecule has 8 nitrogen and oxygen atoms in total. The van der Waals surface area contributed by atoms with Crippen LogP contribution >= 0.6 is 0 Å². The number of benzene rings is 1. The van der Waals surface area contributed by atoms with Crippen LogP contribution in [0.1, 0.15) is 49.5 Å². The van der Waals surface area contributed by atoms with Gasteiger partial charge in [-0.25, -0.2) is 15.0 Å². The summed E-state index contributed by atoms with van der Waals surface area (Å²) in [5, 5.41) is 10.3. The Morgan fingerprint density at radius 2 is 2.00 bits per heavy atom. The van der Waals surface area contributed by atoms with E-state index in [9.17, 15) is 9.90 Å². The molecule has 3 N–H and O–H groups in total. The number of rotatable bonds is 7. The van der Waals surface area contributed by atoms with E-state index in [-0.39, 0.29) is 25.0 Å². The third kappa shape index (κ3) is 4.19. The van der Waals surface area contributed by atoms with Crippen LogP contribution in [0.5, 0.6) is 0 Å². The van der Waals surface area contributed by atoms with Gasteiger partial charge in [0, 0.05) is 49.1 Å². The number of piperazine rings is 1. The molecule has 1 aliphatic heterocycles. The third-order valence-corrected chi connectivity index (χ3v) is 7.67. The molecule has 8 heteroatoms. The summed E-state index contributed by atoms with van der Waals surface area (Å²) in [6, 6.07) is 8.32.